The number of aromatic nitrogens is 1. The lowest BCUT2D eigenvalue weighted by atomic mass is 10.2. The first-order valence-corrected chi connectivity index (χ1v) is 4.45. The molecule has 0 aliphatic carbocycles. The molecule has 1 heterocycles. The molecule has 0 fully saturated rings. The number of hydrogen-bond donors (Lipinski definition) is 2. The quantitative estimate of drug-likeness (QED) is 0.718. The number of rotatable bonds is 4. The van der Waals surface area contributed by atoms with Gasteiger partial charge >= 0.3 is 0 Å². The van der Waals surface area contributed by atoms with E-state index in [-0.39, 0.29) is 12.5 Å². The van der Waals surface area contributed by atoms with Crippen LogP contribution in [0.4, 0.5) is 0 Å². The molecule has 1 amide bonds. The maximum Gasteiger partial charge on any atom is 0.225 e. The molecule has 0 saturated carbocycles. The van der Waals surface area contributed by atoms with Gasteiger partial charge in [0.2, 0.25) is 11.8 Å². The van der Waals surface area contributed by atoms with E-state index in [1.54, 1.807) is 6.07 Å². The van der Waals surface area contributed by atoms with Gasteiger partial charge in [0.05, 0.1) is 7.11 Å². The van der Waals surface area contributed by atoms with Gasteiger partial charge in [-0.1, -0.05) is 0 Å². The van der Waals surface area contributed by atoms with Crippen LogP contribution in [0.2, 0.25) is 0 Å². The van der Waals surface area contributed by atoms with Crippen LogP contribution in [0.1, 0.15) is 17.3 Å². The molecule has 72 valence electrons. The summed E-state index contributed by atoms with van der Waals surface area (Å²) in [6, 6.07) is 1.33. The second-order valence-corrected chi connectivity index (χ2v) is 3.39. The number of carbonyl (C=O) groups is 1. The molecule has 1 rings (SSSR count). The zero-order valence-electron chi connectivity index (χ0n) is 7.19. The van der Waals surface area contributed by atoms with E-state index in [1.807, 2.05) is 0 Å². The first-order chi connectivity index (χ1) is 6.13. The Kier molecular flexibility index (Phi) is 3.21. The normalized spacial score (nSPS) is 12.5. The summed E-state index contributed by atoms with van der Waals surface area (Å²) in [6.07, 6.45) is 0.130. The summed E-state index contributed by atoms with van der Waals surface area (Å²) in [7, 11) is 1.53. The molecule has 0 saturated heterocycles. The van der Waals surface area contributed by atoms with Crippen LogP contribution in [0, 0.1) is 0 Å². The molecular formula is C7H11N3O2S. The topological polar surface area (TPSA) is 91.2 Å². The van der Waals surface area contributed by atoms with Crippen molar-refractivity contribution in [2.24, 2.45) is 11.5 Å². The Morgan fingerprint density at radius 3 is 3.00 bits per heavy atom. The Labute approximate surface area is 79.8 Å². The minimum atomic E-state index is -0.417. The van der Waals surface area contributed by atoms with E-state index in [1.165, 1.54) is 18.6 Å². The number of methoxy groups -OCH3 is 1. The van der Waals surface area contributed by atoms with Gasteiger partial charge in [0.1, 0.15) is 0 Å². The van der Waals surface area contributed by atoms with E-state index in [2.05, 4.69) is 4.37 Å². The van der Waals surface area contributed by atoms with Crippen LogP contribution in [0.15, 0.2) is 6.07 Å². The summed E-state index contributed by atoms with van der Waals surface area (Å²) < 4.78 is 8.83. The highest BCUT2D eigenvalue weighted by atomic mass is 32.1. The first-order valence-electron chi connectivity index (χ1n) is 3.68. The third-order valence-corrected chi connectivity index (χ3v) is 2.41. The smallest absolute Gasteiger partial charge is 0.225 e. The van der Waals surface area contributed by atoms with Gasteiger partial charge < -0.3 is 16.2 Å². The number of amides is 1. The zero-order valence-corrected chi connectivity index (χ0v) is 8.00. The monoisotopic (exact) mass is 201 g/mol. The van der Waals surface area contributed by atoms with Crippen molar-refractivity contribution in [3.8, 4) is 5.88 Å². The van der Waals surface area contributed by atoms with Gasteiger partial charge in [-0.15, -0.1) is 0 Å². The molecule has 5 nitrogen and oxygen atoms in total. The van der Waals surface area contributed by atoms with Gasteiger partial charge in [-0.3, -0.25) is 4.79 Å². The average molecular weight is 201 g/mol. The van der Waals surface area contributed by atoms with E-state index >= 15 is 0 Å². The summed E-state index contributed by atoms with van der Waals surface area (Å²) in [5, 5.41) is 0. The van der Waals surface area contributed by atoms with Crippen molar-refractivity contribution < 1.29 is 9.53 Å². The molecule has 1 aromatic rings. The van der Waals surface area contributed by atoms with Crippen molar-refractivity contribution >= 4 is 17.4 Å². The number of hydrogen-bond acceptors (Lipinski definition) is 5. The molecule has 0 bridgehead atoms. The zero-order chi connectivity index (χ0) is 9.84. The second kappa shape index (κ2) is 4.20. The fourth-order valence-electron chi connectivity index (χ4n) is 0.860. The summed E-state index contributed by atoms with van der Waals surface area (Å²) in [6.45, 7) is 0. The standard InChI is InChI=1S/C7H11N3O2S/c1-12-7-3-5(13-10-7)4(8)2-6(9)11/h3-4H,2,8H2,1H3,(H2,9,11)/t4-/m0/s1. The van der Waals surface area contributed by atoms with Crippen LogP contribution in [0.5, 0.6) is 5.88 Å². The van der Waals surface area contributed by atoms with E-state index in [0.717, 1.165) is 4.88 Å². The molecule has 0 aliphatic heterocycles. The molecule has 4 N–H and O–H groups in total. The van der Waals surface area contributed by atoms with Crippen molar-refractivity contribution in [1.82, 2.24) is 4.37 Å². The maximum absolute atomic E-state index is 10.6. The van der Waals surface area contributed by atoms with Crippen molar-refractivity contribution in [2.75, 3.05) is 7.11 Å². The van der Waals surface area contributed by atoms with Gasteiger partial charge in [0.15, 0.2) is 0 Å². The maximum atomic E-state index is 10.6. The number of ether oxygens (including phenoxy) is 1. The molecular weight excluding hydrogens is 190 g/mol. The minimum absolute atomic E-state index is 0.130. The highest BCUT2D eigenvalue weighted by Gasteiger charge is 2.12. The Bertz CT molecular complexity index is 300. The van der Waals surface area contributed by atoms with E-state index < -0.39 is 5.91 Å². The third kappa shape index (κ3) is 2.67. The SMILES string of the molecule is COc1cc([C@@H](N)CC(N)=O)sn1. The minimum Gasteiger partial charge on any atom is -0.480 e. The molecule has 1 aromatic heterocycles. The Morgan fingerprint density at radius 2 is 2.54 bits per heavy atom. The molecule has 0 aromatic carbocycles. The first kappa shape index (κ1) is 9.94. The predicted octanol–water partition coefficient (Wildman–Crippen LogP) is 0.0269. The number of primary amides is 1. The van der Waals surface area contributed by atoms with Gasteiger partial charge in [-0.2, -0.15) is 4.37 Å². The molecule has 13 heavy (non-hydrogen) atoms. The van der Waals surface area contributed by atoms with Gasteiger partial charge in [-0.25, -0.2) is 0 Å². The Balaban J connectivity index is 2.65. The molecule has 6 heteroatoms. The van der Waals surface area contributed by atoms with Crippen molar-refractivity contribution in [2.45, 2.75) is 12.5 Å². The molecule has 1 atom stereocenters. The van der Waals surface area contributed by atoms with E-state index in [0.29, 0.717) is 5.88 Å². The molecule has 0 unspecified atom stereocenters. The summed E-state index contributed by atoms with van der Waals surface area (Å²) >= 11 is 1.22. The van der Waals surface area contributed by atoms with E-state index in [4.69, 9.17) is 16.2 Å². The average Bonchev–Trinajstić information content (AvgIpc) is 2.50. The number of carbonyl (C=O) groups excluding carboxylic acids is 1. The largest absolute Gasteiger partial charge is 0.480 e. The van der Waals surface area contributed by atoms with Crippen molar-refractivity contribution in [3.63, 3.8) is 0 Å². The number of nitrogens with zero attached hydrogens (tertiary/aromatic N) is 1. The van der Waals surface area contributed by atoms with Gasteiger partial charge in [-0.05, 0) is 11.5 Å². The van der Waals surface area contributed by atoms with Crippen LogP contribution in [-0.4, -0.2) is 17.4 Å². The summed E-state index contributed by atoms with van der Waals surface area (Å²) in [5.74, 6) is 0.0970. The van der Waals surface area contributed by atoms with E-state index in [9.17, 15) is 4.79 Å². The lowest BCUT2D eigenvalue weighted by molar-refractivity contribution is -0.118. The van der Waals surface area contributed by atoms with Crippen molar-refractivity contribution in [1.29, 1.82) is 0 Å². The van der Waals surface area contributed by atoms with Crippen molar-refractivity contribution in [3.05, 3.63) is 10.9 Å². The Hall–Kier alpha value is -1.14. The highest BCUT2D eigenvalue weighted by molar-refractivity contribution is 7.06. The van der Waals surface area contributed by atoms with Crippen LogP contribution in [-0.2, 0) is 4.79 Å². The summed E-state index contributed by atoms with van der Waals surface area (Å²) in [4.78, 5) is 11.4. The fraction of sp³-hybridized carbons (Fsp3) is 0.429. The lowest BCUT2D eigenvalue weighted by Crippen LogP contribution is -2.19. The second-order valence-electron chi connectivity index (χ2n) is 2.55. The van der Waals surface area contributed by atoms with Crippen LogP contribution < -0.4 is 16.2 Å². The molecule has 0 spiro atoms. The highest BCUT2D eigenvalue weighted by Crippen LogP contribution is 2.23. The molecule has 0 radical (unpaired) electrons. The summed E-state index contributed by atoms with van der Waals surface area (Å²) in [5.41, 5.74) is 10.7. The van der Waals surface area contributed by atoms with Crippen LogP contribution in [0.25, 0.3) is 0 Å². The Morgan fingerprint density at radius 1 is 1.85 bits per heavy atom. The number of nitrogens with two attached hydrogens (primary N) is 2. The fourth-order valence-corrected chi connectivity index (χ4v) is 1.56. The third-order valence-electron chi connectivity index (χ3n) is 1.50. The van der Waals surface area contributed by atoms with Gasteiger partial charge in [0, 0.05) is 23.4 Å². The predicted molar refractivity (Wildman–Crippen MR) is 49.4 cm³/mol. The van der Waals surface area contributed by atoms with Gasteiger partial charge in [0.25, 0.3) is 0 Å². The van der Waals surface area contributed by atoms with Crippen LogP contribution in [0.3, 0.4) is 0 Å². The van der Waals surface area contributed by atoms with Crippen LogP contribution >= 0.6 is 11.5 Å². The lowest BCUT2D eigenvalue weighted by Gasteiger charge is -2.03. The molecule has 0 aliphatic rings.